The van der Waals surface area contributed by atoms with Crippen molar-refractivity contribution >= 4 is 17.6 Å². The van der Waals surface area contributed by atoms with Crippen molar-refractivity contribution in [3.05, 3.63) is 53.0 Å². The molecule has 3 heterocycles. The van der Waals surface area contributed by atoms with Crippen LogP contribution in [0.15, 0.2) is 30.3 Å². The summed E-state index contributed by atoms with van der Waals surface area (Å²) in [5.74, 6) is 1.79. The molecular weight excluding hydrogens is 406 g/mol. The monoisotopic (exact) mass is 437 g/mol. The van der Waals surface area contributed by atoms with Gasteiger partial charge in [0.15, 0.2) is 0 Å². The number of fused-ring (bicyclic) bond motifs is 1. The van der Waals surface area contributed by atoms with Crippen LogP contribution in [0.25, 0.3) is 0 Å². The minimum atomic E-state index is 0.00451. The molecule has 8 heteroatoms. The fourth-order valence-corrected chi connectivity index (χ4v) is 4.45. The van der Waals surface area contributed by atoms with Gasteiger partial charge in [0.25, 0.3) is 0 Å². The molecule has 0 bridgehead atoms. The predicted molar refractivity (Wildman–Crippen MR) is 121 cm³/mol. The summed E-state index contributed by atoms with van der Waals surface area (Å²) in [5, 5.41) is 2.87. The Labute approximate surface area is 189 Å². The Hall–Kier alpha value is -2.84. The van der Waals surface area contributed by atoms with E-state index < -0.39 is 0 Å². The first kappa shape index (κ1) is 22.4. The molecule has 1 aromatic heterocycles. The average Bonchev–Trinajstić information content (AvgIpc) is 3.25. The fraction of sp³-hybridized carbons (Fsp3) is 0.500. The summed E-state index contributed by atoms with van der Waals surface area (Å²) < 4.78 is 4.97. The van der Waals surface area contributed by atoms with E-state index in [0.29, 0.717) is 39.1 Å². The van der Waals surface area contributed by atoms with E-state index in [1.165, 1.54) is 0 Å². The molecule has 0 saturated carbocycles. The lowest BCUT2D eigenvalue weighted by molar-refractivity contribution is -0.122. The van der Waals surface area contributed by atoms with Gasteiger partial charge in [0.1, 0.15) is 11.6 Å². The van der Waals surface area contributed by atoms with Crippen molar-refractivity contribution < 1.29 is 14.3 Å². The summed E-state index contributed by atoms with van der Waals surface area (Å²) in [4.78, 5) is 38.6. The maximum atomic E-state index is 12.8. The smallest absolute Gasteiger partial charge is 0.234 e. The number of nitrogens with one attached hydrogen (secondary N) is 1. The van der Waals surface area contributed by atoms with Gasteiger partial charge < -0.3 is 10.1 Å². The standard InChI is InChI=1S/C24H31N5O3/c1-17-20-8-9-22(31)29(14-18-6-4-3-5-7-18)24(20)27-23(26-17)19-10-12-28(15-19)16-21(30)25-11-13-32-2/h3-7,19H,8-16H2,1-2H3,(H,25,30)/t19-/m1/s1. The van der Waals surface area contributed by atoms with Gasteiger partial charge in [-0.1, -0.05) is 30.3 Å². The number of ether oxygens (including phenoxy) is 1. The van der Waals surface area contributed by atoms with Crippen molar-refractivity contribution in [1.29, 1.82) is 0 Å². The molecule has 32 heavy (non-hydrogen) atoms. The molecule has 8 nitrogen and oxygen atoms in total. The highest BCUT2D eigenvalue weighted by Crippen LogP contribution is 2.32. The van der Waals surface area contributed by atoms with Crippen molar-refractivity contribution in [2.45, 2.75) is 38.6 Å². The summed E-state index contributed by atoms with van der Waals surface area (Å²) in [6, 6.07) is 10.0. The highest BCUT2D eigenvalue weighted by molar-refractivity contribution is 5.95. The van der Waals surface area contributed by atoms with E-state index >= 15 is 0 Å². The SMILES string of the molecule is COCCNC(=O)CN1CC[C@@H](c2nc(C)c3c(n2)N(Cc2ccccc2)C(=O)CC3)C1. The molecule has 0 aliphatic carbocycles. The molecule has 0 spiro atoms. The Balaban J connectivity index is 1.49. The van der Waals surface area contributed by atoms with E-state index in [1.807, 2.05) is 42.2 Å². The summed E-state index contributed by atoms with van der Waals surface area (Å²) in [5.41, 5.74) is 3.10. The molecule has 1 N–H and O–H groups in total. The number of hydrogen-bond acceptors (Lipinski definition) is 6. The number of rotatable bonds is 8. The van der Waals surface area contributed by atoms with Gasteiger partial charge in [-0.15, -0.1) is 0 Å². The van der Waals surface area contributed by atoms with Gasteiger partial charge in [-0.25, -0.2) is 9.97 Å². The number of carbonyl (C=O) groups is 2. The van der Waals surface area contributed by atoms with E-state index in [-0.39, 0.29) is 17.7 Å². The van der Waals surface area contributed by atoms with Gasteiger partial charge in [-0.3, -0.25) is 19.4 Å². The van der Waals surface area contributed by atoms with Crippen LogP contribution in [0.5, 0.6) is 0 Å². The lowest BCUT2D eigenvalue weighted by Gasteiger charge is -2.30. The van der Waals surface area contributed by atoms with Gasteiger partial charge in [-0.2, -0.15) is 0 Å². The maximum absolute atomic E-state index is 12.8. The van der Waals surface area contributed by atoms with E-state index in [2.05, 4.69) is 10.2 Å². The number of benzene rings is 1. The second-order valence-electron chi connectivity index (χ2n) is 8.50. The summed E-state index contributed by atoms with van der Waals surface area (Å²) in [6.45, 7) is 5.48. The van der Waals surface area contributed by atoms with Crippen LogP contribution in [0, 0.1) is 6.92 Å². The zero-order valence-electron chi connectivity index (χ0n) is 18.8. The second kappa shape index (κ2) is 10.2. The summed E-state index contributed by atoms with van der Waals surface area (Å²) >= 11 is 0. The average molecular weight is 438 g/mol. The Bertz CT molecular complexity index is 966. The summed E-state index contributed by atoms with van der Waals surface area (Å²) in [7, 11) is 1.62. The van der Waals surface area contributed by atoms with Crippen LogP contribution in [0.2, 0.25) is 0 Å². The van der Waals surface area contributed by atoms with Gasteiger partial charge in [0.05, 0.1) is 19.7 Å². The first-order valence-electron chi connectivity index (χ1n) is 11.2. The normalized spacial score (nSPS) is 18.6. The highest BCUT2D eigenvalue weighted by Gasteiger charge is 2.32. The van der Waals surface area contributed by atoms with Crippen molar-refractivity contribution in [1.82, 2.24) is 20.2 Å². The molecule has 170 valence electrons. The molecule has 2 aliphatic heterocycles. The number of aryl methyl sites for hydroxylation is 1. The first-order chi connectivity index (χ1) is 15.5. The van der Waals surface area contributed by atoms with Crippen LogP contribution in [-0.2, 0) is 27.3 Å². The highest BCUT2D eigenvalue weighted by atomic mass is 16.5. The number of likely N-dealkylation sites (tertiary alicyclic amines) is 1. The van der Waals surface area contributed by atoms with E-state index in [0.717, 1.165) is 48.0 Å². The maximum Gasteiger partial charge on any atom is 0.234 e. The van der Waals surface area contributed by atoms with Crippen LogP contribution < -0.4 is 10.2 Å². The van der Waals surface area contributed by atoms with Gasteiger partial charge in [0.2, 0.25) is 11.8 Å². The number of anilines is 1. The predicted octanol–water partition coefficient (Wildman–Crippen LogP) is 1.82. The number of aromatic nitrogens is 2. The van der Waals surface area contributed by atoms with E-state index in [9.17, 15) is 9.59 Å². The van der Waals surface area contributed by atoms with Crippen molar-refractivity contribution in [3.8, 4) is 0 Å². The number of methoxy groups -OCH3 is 1. The molecule has 2 aromatic rings. The lowest BCUT2D eigenvalue weighted by atomic mass is 10.0. The zero-order chi connectivity index (χ0) is 22.5. The quantitative estimate of drug-likeness (QED) is 0.634. The number of carbonyl (C=O) groups excluding carboxylic acids is 2. The van der Waals surface area contributed by atoms with Gasteiger partial charge >= 0.3 is 0 Å². The molecular formula is C24H31N5O3. The topological polar surface area (TPSA) is 87.7 Å². The van der Waals surface area contributed by atoms with Crippen molar-refractivity contribution in [3.63, 3.8) is 0 Å². The van der Waals surface area contributed by atoms with Crippen molar-refractivity contribution in [2.24, 2.45) is 0 Å². The zero-order valence-corrected chi connectivity index (χ0v) is 18.8. The first-order valence-corrected chi connectivity index (χ1v) is 11.2. The molecule has 1 atom stereocenters. The van der Waals surface area contributed by atoms with Crippen molar-refractivity contribution in [2.75, 3.05) is 44.8 Å². The third-order valence-electron chi connectivity index (χ3n) is 6.17. The van der Waals surface area contributed by atoms with Gasteiger partial charge in [0, 0.05) is 43.8 Å². The number of hydrogen-bond donors (Lipinski definition) is 1. The van der Waals surface area contributed by atoms with E-state index in [4.69, 9.17) is 14.7 Å². The Morgan fingerprint density at radius 2 is 2.03 bits per heavy atom. The number of amides is 2. The molecule has 2 aliphatic rings. The van der Waals surface area contributed by atoms with Crippen LogP contribution in [0.1, 0.15) is 41.4 Å². The molecule has 2 amide bonds. The molecule has 1 aromatic carbocycles. The Morgan fingerprint density at radius 1 is 1.22 bits per heavy atom. The second-order valence-corrected chi connectivity index (χ2v) is 8.50. The molecule has 0 unspecified atom stereocenters. The Kier molecular flexibility index (Phi) is 7.12. The lowest BCUT2D eigenvalue weighted by Crippen LogP contribution is -2.37. The molecule has 4 rings (SSSR count). The third-order valence-corrected chi connectivity index (χ3v) is 6.17. The fourth-order valence-electron chi connectivity index (χ4n) is 4.45. The van der Waals surface area contributed by atoms with E-state index in [1.54, 1.807) is 7.11 Å². The van der Waals surface area contributed by atoms with Crippen LogP contribution in [-0.4, -0.2) is 66.6 Å². The number of nitrogens with zero attached hydrogens (tertiary/aromatic N) is 4. The largest absolute Gasteiger partial charge is 0.383 e. The minimum absolute atomic E-state index is 0.00451. The minimum Gasteiger partial charge on any atom is -0.383 e. The molecule has 0 radical (unpaired) electrons. The molecule has 1 saturated heterocycles. The summed E-state index contributed by atoms with van der Waals surface area (Å²) in [6.07, 6.45) is 2.07. The van der Waals surface area contributed by atoms with Gasteiger partial charge in [-0.05, 0) is 31.9 Å². The van der Waals surface area contributed by atoms with Crippen LogP contribution in [0.4, 0.5) is 5.82 Å². The Morgan fingerprint density at radius 3 is 2.81 bits per heavy atom. The third kappa shape index (κ3) is 5.14. The van der Waals surface area contributed by atoms with Crippen LogP contribution in [0.3, 0.4) is 0 Å². The van der Waals surface area contributed by atoms with Crippen LogP contribution >= 0.6 is 0 Å². The molecule has 1 fully saturated rings.